The van der Waals surface area contributed by atoms with Crippen molar-refractivity contribution in [3.05, 3.63) is 76.2 Å². The molecule has 0 atom stereocenters. The molecule has 0 bridgehead atoms. The topological polar surface area (TPSA) is 49.8 Å². The zero-order valence-electron chi connectivity index (χ0n) is 14.1. The molecule has 0 aliphatic heterocycles. The van der Waals surface area contributed by atoms with E-state index in [0.717, 1.165) is 12.1 Å². The van der Waals surface area contributed by atoms with Crippen LogP contribution in [0.4, 0.5) is 27.5 Å². The van der Waals surface area contributed by atoms with E-state index in [1.165, 1.54) is 22.8 Å². The van der Waals surface area contributed by atoms with E-state index in [0.29, 0.717) is 5.82 Å². The second-order valence-corrected chi connectivity index (χ2v) is 6.61. The second kappa shape index (κ2) is 6.77. The molecular weight excluding hydrogens is 351 g/mol. The molecule has 1 aromatic heterocycles. The smallest absolute Gasteiger partial charge is 0.229 e. The Labute approximate surface area is 155 Å². The van der Waals surface area contributed by atoms with Gasteiger partial charge in [0.25, 0.3) is 0 Å². The van der Waals surface area contributed by atoms with E-state index in [2.05, 4.69) is 45.7 Å². The van der Waals surface area contributed by atoms with Crippen LogP contribution in [0.3, 0.4) is 0 Å². The highest BCUT2D eigenvalue weighted by Crippen LogP contribution is 2.29. The first-order valence-electron chi connectivity index (χ1n) is 8.20. The summed E-state index contributed by atoms with van der Waals surface area (Å²) >= 11 is 5.80. The quantitative estimate of drug-likeness (QED) is 0.620. The second-order valence-electron chi connectivity index (χ2n) is 6.20. The summed E-state index contributed by atoms with van der Waals surface area (Å²) in [7, 11) is 0. The normalized spacial score (nSPS) is 12.5. The van der Waals surface area contributed by atoms with Gasteiger partial charge in [-0.3, -0.25) is 0 Å². The minimum atomic E-state index is -0.531. The first kappa shape index (κ1) is 16.5. The van der Waals surface area contributed by atoms with E-state index < -0.39 is 5.82 Å². The summed E-state index contributed by atoms with van der Waals surface area (Å²) in [6.45, 7) is 2.13. The van der Waals surface area contributed by atoms with Gasteiger partial charge >= 0.3 is 0 Å². The molecule has 1 aliphatic carbocycles. The molecule has 0 saturated heterocycles. The zero-order valence-corrected chi connectivity index (χ0v) is 14.8. The van der Waals surface area contributed by atoms with Gasteiger partial charge < -0.3 is 10.6 Å². The number of hydrogen-bond donors (Lipinski definition) is 2. The molecule has 130 valence electrons. The van der Waals surface area contributed by atoms with Crippen molar-refractivity contribution in [2.24, 2.45) is 0 Å². The molecule has 0 amide bonds. The SMILES string of the molecule is CC1=Cc2cc(Nc3ccnc(Nc4cccc(Cl)c4F)n3)ccc2C1. The van der Waals surface area contributed by atoms with Gasteiger partial charge in [-0.25, -0.2) is 9.37 Å². The minimum Gasteiger partial charge on any atom is -0.340 e. The Hall–Kier alpha value is -2.92. The van der Waals surface area contributed by atoms with Crippen molar-refractivity contribution in [2.45, 2.75) is 13.3 Å². The lowest BCUT2D eigenvalue weighted by Crippen LogP contribution is -2.02. The summed E-state index contributed by atoms with van der Waals surface area (Å²) in [6.07, 6.45) is 4.80. The summed E-state index contributed by atoms with van der Waals surface area (Å²) in [5.41, 5.74) is 5.07. The maximum Gasteiger partial charge on any atom is 0.229 e. The average molecular weight is 367 g/mol. The molecule has 3 aromatic rings. The molecule has 2 aromatic carbocycles. The van der Waals surface area contributed by atoms with Crippen molar-refractivity contribution in [1.29, 1.82) is 0 Å². The molecule has 0 unspecified atom stereocenters. The number of allylic oxidation sites excluding steroid dienone is 1. The van der Waals surface area contributed by atoms with Gasteiger partial charge in [-0.05, 0) is 54.8 Å². The summed E-state index contributed by atoms with van der Waals surface area (Å²) in [4.78, 5) is 8.52. The van der Waals surface area contributed by atoms with E-state index in [-0.39, 0.29) is 16.7 Å². The fraction of sp³-hybridized carbons (Fsp3) is 0.100. The summed E-state index contributed by atoms with van der Waals surface area (Å²) in [5.74, 6) is 0.369. The lowest BCUT2D eigenvalue weighted by Gasteiger charge is -2.10. The van der Waals surface area contributed by atoms with Crippen LogP contribution < -0.4 is 10.6 Å². The predicted octanol–water partition coefficient (Wildman–Crippen LogP) is 5.72. The number of fused-ring (bicyclic) bond motifs is 1. The molecular formula is C20H16ClFN4. The third-order valence-electron chi connectivity index (χ3n) is 4.14. The van der Waals surface area contributed by atoms with E-state index in [4.69, 9.17) is 11.6 Å². The predicted molar refractivity (Wildman–Crippen MR) is 104 cm³/mol. The van der Waals surface area contributed by atoms with Crippen LogP contribution in [0.25, 0.3) is 6.08 Å². The number of nitrogens with one attached hydrogen (secondary N) is 2. The van der Waals surface area contributed by atoms with Crippen molar-refractivity contribution in [3.63, 3.8) is 0 Å². The Morgan fingerprint density at radius 2 is 2.00 bits per heavy atom. The van der Waals surface area contributed by atoms with E-state index in [1.54, 1.807) is 24.4 Å². The van der Waals surface area contributed by atoms with Crippen LogP contribution in [0.5, 0.6) is 0 Å². The van der Waals surface area contributed by atoms with E-state index in [9.17, 15) is 4.39 Å². The first-order chi connectivity index (χ1) is 12.6. The van der Waals surface area contributed by atoms with Gasteiger partial charge in [-0.15, -0.1) is 0 Å². The van der Waals surface area contributed by atoms with Crippen LogP contribution in [0.15, 0.2) is 54.2 Å². The van der Waals surface area contributed by atoms with Crippen LogP contribution in [0.1, 0.15) is 18.1 Å². The molecule has 0 saturated carbocycles. The van der Waals surface area contributed by atoms with Crippen molar-refractivity contribution in [3.8, 4) is 0 Å². The molecule has 1 aliphatic rings. The number of anilines is 4. The van der Waals surface area contributed by atoms with E-state index >= 15 is 0 Å². The molecule has 26 heavy (non-hydrogen) atoms. The summed E-state index contributed by atoms with van der Waals surface area (Å²) < 4.78 is 14.0. The zero-order chi connectivity index (χ0) is 18.1. The fourth-order valence-corrected chi connectivity index (χ4v) is 3.12. The maximum atomic E-state index is 14.0. The largest absolute Gasteiger partial charge is 0.340 e. The Kier molecular flexibility index (Phi) is 4.31. The molecule has 2 N–H and O–H groups in total. The van der Waals surface area contributed by atoms with Gasteiger partial charge in [0.05, 0.1) is 10.7 Å². The number of benzene rings is 2. The fourth-order valence-electron chi connectivity index (χ4n) is 2.94. The lowest BCUT2D eigenvalue weighted by molar-refractivity contribution is 0.632. The van der Waals surface area contributed by atoms with Crippen molar-refractivity contribution in [2.75, 3.05) is 10.6 Å². The van der Waals surface area contributed by atoms with Gasteiger partial charge in [0.1, 0.15) is 5.82 Å². The number of hydrogen-bond acceptors (Lipinski definition) is 4. The van der Waals surface area contributed by atoms with Crippen molar-refractivity contribution < 1.29 is 4.39 Å². The van der Waals surface area contributed by atoms with Crippen LogP contribution in [-0.2, 0) is 6.42 Å². The van der Waals surface area contributed by atoms with Crippen LogP contribution >= 0.6 is 11.6 Å². The number of halogens is 2. The van der Waals surface area contributed by atoms with Gasteiger partial charge in [-0.1, -0.05) is 35.4 Å². The highest BCUT2D eigenvalue weighted by molar-refractivity contribution is 6.31. The standard InChI is InChI=1S/C20H16ClFN4/c1-12-9-13-5-6-15(11-14(13)10-12)24-18-7-8-23-20(26-18)25-17-4-2-3-16(21)19(17)22/h2-8,10-11H,9H2,1H3,(H2,23,24,25,26). The Morgan fingerprint density at radius 3 is 2.88 bits per heavy atom. The maximum absolute atomic E-state index is 14.0. The van der Waals surface area contributed by atoms with Gasteiger partial charge in [-0.2, -0.15) is 4.98 Å². The molecule has 0 spiro atoms. The average Bonchev–Trinajstić information content (AvgIpc) is 2.99. The Balaban J connectivity index is 1.55. The molecule has 6 heteroatoms. The molecule has 1 heterocycles. The molecule has 0 radical (unpaired) electrons. The number of nitrogens with zero attached hydrogens (tertiary/aromatic N) is 2. The van der Waals surface area contributed by atoms with Crippen LogP contribution in [-0.4, -0.2) is 9.97 Å². The van der Waals surface area contributed by atoms with Gasteiger partial charge in [0.15, 0.2) is 5.82 Å². The number of rotatable bonds is 4. The minimum absolute atomic E-state index is 0.0470. The van der Waals surface area contributed by atoms with Crippen LogP contribution in [0.2, 0.25) is 5.02 Å². The Bertz CT molecular complexity index is 1020. The third kappa shape index (κ3) is 3.39. The van der Waals surface area contributed by atoms with Gasteiger partial charge in [0.2, 0.25) is 5.95 Å². The Morgan fingerprint density at radius 1 is 1.12 bits per heavy atom. The van der Waals surface area contributed by atoms with E-state index in [1.807, 2.05) is 6.07 Å². The lowest BCUT2D eigenvalue weighted by atomic mass is 10.1. The number of aromatic nitrogens is 2. The van der Waals surface area contributed by atoms with Gasteiger partial charge in [0, 0.05) is 11.9 Å². The highest BCUT2D eigenvalue weighted by Gasteiger charge is 2.11. The molecule has 0 fully saturated rings. The first-order valence-corrected chi connectivity index (χ1v) is 8.57. The monoisotopic (exact) mass is 366 g/mol. The molecule has 4 nitrogen and oxygen atoms in total. The highest BCUT2D eigenvalue weighted by atomic mass is 35.5. The molecule has 4 rings (SSSR count). The summed E-state index contributed by atoms with van der Waals surface area (Å²) in [5, 5.41) is 6.16. The van der Waals surface area contributed by atoms with Crippen LogP contribution in [0, 0.1) is 5.82 Å². The van der Waals surface area contributed by atoms with Crippen molar-refractivity contribution >= 4 is 40.8 Å². The van der Waals surface area contributed by atoms with Crippen molar-refractivity contribution in [1.82, 2.24) is 9.97 Å². The summed E-state index contributed by atoms with van der Waals surface area (Å²) in [6, 6.07) is 12.7. The third-order valence-corrected chi connectivity index (χ3v) is 4.44.